The minimum atomic E-state index is -0.413. The lowest BCUT2D eigenvalue weighted by atomic mass is 9.80. The van der Waals surface area contributed by atoms with Gasteiger partial charge in [-0.25, -0.2) is 0 Å². The van der Waals surface area contributed by atoms with Crippen LogP contribution < -0.4 is 10.6 Å². The van der Waals surface area contributed by atoms with Gasteiger partial charge in [0.2, 0.25) is 11.8 Å². The molecule has 4 rings (SSSR count). The van der Waals surface area contributed by atoms with Gasteiger partial charge in [-0.2, -0.15) is 4.98 Å². The van der Waals surface area contributed by atoms with Crippen molar-refractivity contribution in [2.75, 3.05) is 13.1 Å². The Morgan fingerprint density at radius 2 is 1.92 bits per heavy atom. The van der Waals surface area contributed by atoms with Gasteiger partial charge in [0.1, 0.15) is 5.54 Å². The molecule has 1 saturated heterocycles. The van der Waals surface area contributed by atoms with Crippen LogP contribution in [0.5, 0.6) is 0 Å². The van der Waals surface area contributed by atoms with Crippen molar-refractivity contribution in [2.45, 2.75) is 63.8 Å². The number of halogens is 1. The molecule has 3 aliphatic rings. The molecule has 1 spiro atoms. The summed E-state index contributed by atoms with van der Waals surface area (Å²) in [6, 6.07) is 0. The van der Waals surface area contributed by atoms with Crippen LogP contribution in [-0.4, -0.2) is 29.1 Å². The van der Waals surface area contributed by atoms with E-state index in [1.54, 1.807) is 6.92 Å². The fourth-order valence-corrected chi connectivity index (χ4v) is 4.57. The largest absolute Gasteiger partial charge is 0.343 e. The Bertz CT molecular complexity index is 591. The zero-order valence-corrected chi connectivity index (χ0v) is 15.1. The minimum Gasteiger partial charge on any atom is -0.343 e. The summed E-state index contributed by atoms with van der Waals surface area (Å²) in [5.74, 6) is 1.62. The van der Waals surface area contributed by atoms with Gasteiger partial charge < -0.3 is 15.2 Å². The second-order valence-corrected chi connectivity index (χ2v) is 7.64. The van der Waals surface area contributed by atoms with Crippen LogP contribution >= 0.6 is 12.4 Å². The van der Waals surface area contributed by atoms with Crippen LogP contribution in [0, 0.1) is 18.3 Å². The zero-order valence-electron chi connectivity index (χ0n) is 14.3. The van der Waals surface area contributed by atoms with E-state index in [-0.39, 0.29) is 29.6 Å². The Kier molecular flexibility index (Phi) is 4.89. The van der Waals surface area contributed by atoms with Gasteiger partial charge in [0.25, 0.3) is 0 Å². The first-order chi connectivity index (χ1) is 11.1. The Balaban J connectivity index is 0.00000169. The Morgan fingerprint density at radius 3 is 2.54 bits per heavy atom. The van der Waals surface area contributed by atoms with Gasteiger partial charge in [-0.15, -0.1) is 12.4 Å². The van der Waals surface area contributed by atoms with Crippen LogP contribution in [0.4, 0.5) is 0 Å². The summed E-state index contributed by atoms with van der Waals surface area (Å²) in [6.45, 7) is 3.89. The van der Waals surface area contributed by atoms with Crippen molar-refractivity contribution >= 4 is 18.3 Å². The van der Waals surface area contributed by atoms with Crippen LogP contribution in [-0.2, 0) is 10.3 Å². The summed E-state index contributed by atoms with van der Waals surface area (Å²) in [6.07, 6.45) is 8.55. The predicted molar refractivity (Wildman–Crippen MR) is 91.8 cm³/mol. The molecule has 0 bridgehead atoms. The molecule has 1 aliphatic heterocycles. The van der Waals surface area contributed by atoms with Crippen molar-refractivity contribution < 1.29 is 9.32 Å². The molecule has 2 N–H and O–H groups in total. The van der Waals surface area contributed by atoms with Crippen LogP contribution in [0.1, 0.15) is 63.1 Å². The molecule has 0 radical (unpaired) electrons. The second kappa shape index (κ2) is 6.64. The Labute approximate surface area is 148 Å². The highest BCUT2D eigenvalue weighted by molar-refractivity contribution is 5.85. The Hall–Kier alpha value is -1.14. The number of carbonyl (C=O) groups excluding carboxylic acids is 1. The highest BCUT2D eigenvalue weighted by Gasteiger charge is 2.58. The molecule has 7 heteroatoms. The van der Waals surface area contributed by atoms with Crippen molar-refractivity contribution in [3.63, 3.8) is 0 Å². The lowest BCUT2D eigenvalue weighted by Crippen LogP contribution is -2.49. The normalized spacial score (nSPS) is 27.3. The molecule has 6 nitrogen and oxygen atoms in total. The summed E-state index contributed by atoms with van der Waals surface area (Å²) in [4.78, 5) is 17.4. The summed E-state index contributed by atoms with van der Waals surface area (Å²) >= 11 is 0. The molecule has 2 aliphatic carbocycles. The lowest BCUT2D eigenvalue weighted by molar-refractivity contribution is -0.126. The zero-order chi connectivity index (χ0) is 15.9. The maximum absolute atomic E-state index is 12.9. The third-order valence-corrected chi connectivity index (χ3v) is 6.13. The number of amides is 1. The standard InChI is InChI=1S/C17H26N4O2.ClH/c1-12-19-15(21-23-12)17(5-3-2-4-6-17)20-14(22)13-11-16(13)7-9-18-10-8-16;/h13,18H,2-11H2,1H3,(H,20,22);1H. The molecule has 2 saturated carbocycles. The van der Waals surface area contributed by atoms with E-state index in [0.717, 1.165) is 58.0 Å². The first-order valence-corrected chi connectivity index (χ1v) is 8.97. The van der Waals surface area contributed by atoms with Crippen molar-refractivity contribution in [1.82, 2.24) is 20.8 Å². The van der Waals surface area contributed by atoms with E-state index in [1.807, 2.05) is 0 Å². The summed E-state index contributed by atoms with van der Waals surface area (Å²) in [7, 11) is 0. The van der Waals surface area contributed by atoms with E-state index in [4.69, 9.17) is 4.52 Å². The molecular formula is C17H27ClN4O2. The van der Waals surface area contributed by atoms with E-state index in [2.05, 4.69) is 20.8 Å². The number of hydrogen-bond acceptors (Lipinski definition) is 5. The minimum absolute atomic E-state index is 0. The highest BCUT2D eigenvalue weighted by Crippen LogP contribution is 2.59. The molecule has 134 valence electrons. The average Bonchev–Trinajstić information content (AvgIpc) is 3.06. The van der Waals surface area contributed by atoms with Crippen LogP contribution in [0.3, 0.4) is 0 Å². The van der Waals surface area contributed by atoms with Gasteiger partial charge >= 0.3 is 0 Å². The van der Waals surface area contributed by atoms with Gasteiger partial charge in [0, 0.05) is 12.8 Å². The first-order valence-electron chi connectivity index (χ1n) is 8.97. The van der Waals surface area contributed by atoms with Crippen LogP contribution in [0.25, 0.3) is 0 Å². The van der Waals surface area contributed by atoms with Gasteiger partial charge in [-0.1, -0.05) is 24.4 Å². The number of rotatable bonds is 3. The molecule has 0 aromatic carbocycles. The molecule has 1 aromatic rings. The smallest absolute Gasteiger partial charge is 0.224 e. The van der Waals surface area contributed by atoms with Gasteiger partial charge in [0.15, 0.2) is 5.82 Å². The lowest BCUT2D eigenvalue weighted by Gasteiger charge is -2.35. The monoisotopic (exact) mass is 354 g/mol. The summed E-state index contributed by atoms with van der Waals surface area (Å²) in [5, 5.41) is 10.9. The number of piperidine rings is 1. The van der Waals surface area contributed by atoms with Crippen molar-refractivity contribution in [1.29, 1.82) is 0 Å². The highest BCUT2D eigenvalue weighted by atomic mass is 35.5. The number of hydrogen-bond donors (Lipinski definition) is 2. The summed E-state index contributed by atoms with van der Waals surface area (Å²) in [5.41, 5.74) is -0.151. The maximum Gasteiger partial charge on any atom is 0.224 e. The summed E-state index contributed by atoms with van der Waals surface area (Å²) < 4.78 is 5.19. The topological polar surface area (TPSA) is 80.0 Å². The molecule has 1 amide bonds. The van der Waals surface area contributed by atoms with Gasteiger partial charge in [-0.3, -0.25) is 4.79 Å². The molecule has 1 atom stereocenters. The molecule has 2 heterocycles. The molecular weight excluding hydrogens is 328 g/mol. The first kappa shape index (κ1) is 17.7. The van der Waals surface area contributed by atoms with Gasteiger partial charge in [-0.05, 0) is 50.6 Å². The molecule has 24 heavy (non-hydrogen) atoms. The number of aromatic nitrogens is 2. The predicted octanol–water partition coefficient (Wildman–Crippen LogP) is 2.47. The van der Waals surface area contributed by atoms with E-state index in [9.17, 15) is 4.79 Å². The number of carbonyl (C=O) groups is 1. The second-order valence-electron chi connectivity index (χ2n) is 7.64. The third-order valence-electron chi connectivity index (χ3n) is 6.13. The van der Waals surface area contributed by atoms with E-state index < -0.39 is 5.54 Å². The fourth-order valence-electron chi connectivity index (χ4n) is 4.57. The number of aryl methyl sites for hydroxylation is 1. The van der Waals surface area contributed by atoms with Crippen LogP contribution in [0.2, 0.25) is 0 Å². The number of nitrogens with one attached hydrogen (secondary N) is 2. The molecule has 3 fully saturated rings. The molecule has 1 aromatic heterocycles. The third kappa shape index (κ3) is 3.06. The van der Waals surface area contributed by atoms with E-state index in [0.29, 0.717) is 11.7 Å². The molecule has 1 unspecified atom stereocenters. The van der Waals surface area contributed by atoms with E-state index in [1.165, 1.54) is 6.42 Å². The van der Waals surface area contributed by atoms with Gasteiger partial charge in [0.05, 0.1) is 0 Å². The maximum atomic E-state index is 12.9. The average molecular weight is 355 g/mol. The van der Waals surface area contributed by atoms with E-state index >= 15 is 0 Å². The SMILES string of the molecule is Cc1nc(C2(NC(=O)C3CC34CCNCC4)CCCCC2)no1.Cl. The van der Waals surface area contributed by atoms with Crippen molar-refractivity contribution in [3.8, 4) is 0 Å². The quantitative estimate of drug-likeness (QED) is 0.871. The fraction of sp³-hybridized carbons (Fsp3) is 0.824. The van der Waals surface area contributed by atoms with Crippen molar-refractivity contribution in [2.24, 2.45) is 11.3 Å². The Morgan fingerprint density at radius 1 is 1.21 bits per heavy atom. The van der Waals surface area contributed by atoms with Crippen molar-refractivity contribution in [3.05, 3.63) is 11.7 Å². The number of nitrogens with zero attached hydrogens (tertiary/aromatic N) is 2. The van der Waals surface area contributed by atoms with Crippen LogP contribution in [0.15, 0.2) is 4.52 Å².